The number of nitrogens with zero attached hydrogens (tertiary/aromatic N) is 1. The van der Waals surface area contributed by atoms with Crippen LogP contribution in [0.15, 0.2) is 60.7 Å². The van der Waals surface area contributed by atoms with Gasteiger partial charge in [-0.3, -0.25) is 9.59 Å². The van der Waals surface area contributed by atoms with Crippen molar-refractivity contribution in [3.05, 3.63) is 71.8 Å². The molecule has 130 valence electrons. The van der Waals surface area contributed by atoms with Crippen molar-refractivity contribution in [3.63, 3.8) is 0 Å². The molecular formula is C21H24N2O2. The van der Waals surface area contributed by atoms with Crippen molar-refractivity contribution >= 4 is 11.8 Å². The number of carbonyl (C=O) groups excluding carboxylic acids is 2. The molecule has 0 spiro atoms. The number of hydrogen-bond acceptors (Lipinski definition) is 2. The van der Waals surface area contributed by atoms with Crippen LogP contribution in [0.5, 0.6) is 0 Å². The summed E-state index contributed by atoms with van der Waals surface area (Å²) in [5, 5.41) is 3.01. The number of benzene rings is 2. The molecule has 1 aliphatic heterocycles. The van der Waals surface area contributed by atoms with Crippen molar-refractivity contribution in [1.29, 1.82) is 0 Å². The lowest BCUT2D eigenvalue weighted by molar-refractivity contribution is -0.128. The monoisotopic (exact) mass is 336 g/mol. The summed E-state index contributed by atoms with van der Waals surface area (Å²) in [4.78, 5) is 26.4. The fourth-order valence-electron chi connectivity index (χ4n) is 3.24. The van der Waals surface area contributed by atoms with Gasteiger partial charge in [-0.25, -0.2) is 0 Å². The second-order valence-corrected chi connectivity index (χ2v) is 6.71. The first-order valence-electron chi connectivity index (χ1n) is 8.78. The van der Waals surface area contributed by atoms with E-state index in [-0.39, 0.29) is 23.7 Å². The molecule has 2 amide bonds. The van der Waals surface area contributed by atoms with Crippen LogP contribution in [0.3, 0.4) is 0 Å². The summed E-state index contributed by atoms with van der Waals surface area (Å²) in [6.07, 6.45) is 0.507. The summed E-state index contributed by atoms with van der Waals surface area (Å²) in [6.45, 7) is 3.80. The van der Waals surface area contributed by atoms with Crippen molar-refractivity contribution in [2.75, 3.05) is 13.1 Å². The largest absolute Gasteiger partial charge is 0.355 e. The predicted molar refractivity (Wildman–Crippen MR) is 97.8 cm³/mol. The molecule has 0 saturated carbocycles. The molecule has 4 heteroatoms. The lowest BCUT2D eigenvalue weighted by Crippen LogP contribution is -2.33. The Kier molecular flexibility index (Phi) is 5.49. The van der Waals surface area contributed by atoms with Gasteiger partial charge in [-0.05, 0) is 18.1 Å². The third-order valence-electron chi connectivity index (χ3n) is 4.77. The Balaban J connectivity index is 1.49. The fraction of sp³-hybridized carbons (Fsp3) is 0.333. The van der Waals surface area contributed by atoms with E-state index in [1.54, 1.807) is 0 Å². The van der Waals surface area contributed by atoms with Crippen LogP contribution in [0.4, 0.5) is 0 Å². The minimum Gasteiger partial charge on any atom is -0.355 e. The molecule has 1 aliphatic rings. The molecule has 0 unspecified atom stereocenters. The average molecular weight is 336 g/mol. The number of amides is 2. The minimum atomic E-state index is -0.182. The van der Waals surface area contributed by atoms with Crippen LogP contribution in [0.25, 0.3) is 0 Å². The highest BCUT2D eigenvalue weighted by molar-refractivity contribution is 5.83. The Morgan fingerprint density at radius 1 is 1.12 bits per heavy atom. The quantitative estimate of drug-likeness (QED) is 0.882. The molecule has 2 aromatic rings. The van der Waals surface area contributed by atoms with Gasteiger partial charge in [-0.1, -0.05) is 60.7 Å². The maximum atomic E-state index is 12.3. The first-order valence-corrected chi connectivity index (χ1v) is 8.78. The van der Waals surface area contributed by atoms with Crippen molar-refractivity contribution in [2.24, 2.45) is 5.92 Å². The third-order valence-corrected chi connectivity index (χ3v) is 4.77. The van der Waals surface area contributed by atoms with Crippen LogP contribution in [0.2, 0.25) is 0 Å². The van der Waals surface area contributed by atoms with Crippen LogP contribution in [-0.2, 0) is 16.1 Å². The highest BCUT2D eigenvalue weighted by Gasteiger charge is 2.30. The number of nitrogens with one attached hydrogen (secondary N) is 1. The summed E-state index contributed by atoms with van der Waals surface area (Å²) < 4.78 is 0. The summed E-state index contributed by atoms with van der Waals surface area (Å²) in [5.41, 5.74) is 2.14. The molecule has 1 fully saturated rings. The normalized spacial score (nSPS) is 18.2. The van der Waals surface area contributed by atoms with Crippen LogP contribution in [0.1, 0.15) is 30.4 Å². The van der Waals surface area contributed by atoms with Gasteiger partial charge in [-0.2, -0.15) is 0 Å². The second kappa shape index (κ2) is 7.97. The Labute approximate surface area is 148 Å². The lowest BCUT2D eigenvalue weighted by atomic mass is 10.00. The van der Waals surface area contributed by atoms with E-state index in [2.05, 4.69) is 5.32 Å². The third kappa shape index (κ3) is 4.47. The maximum absolute atomic E-state index is 12.3. The van der Waals surface area contributed by atoms with Gasteiger partial charge in [0.25, 0.3) is 0 Å². The molecule has 2 aromatic carbocycles. The molecule has 0 bridgehead atoms. The Hall–Kier alpha value is -2.62. The highest BCUT2D eigenvalue weighted by atomic mass is 16.2. The number of hydrogen-bond donors (Lipinski definition) is 1. The average Bonchev–Trinajstić information content (AvgIpc) is 3.00. The molecule has 1 N–H and O–H groups in total. The van der Waals surface area contributed by atoms with Crippen molar-refractivity contribution in [1.82, 2.24) is 10.2 Å². The number of likely N-dealkylation sites (tertiary alicyclic amines) is 1. The summed E-state index contributed by atoms with van der Waals surface area (Å²) in [7, 11) is 0. The van der Waals surface area contributed by atoms with Gasteiger partial charge in [0.05, 0.1) is 5.92 Å². The van der Waals surface area contributed by atoms with Gasteiger partial charge in [0.15, 0.2) is 0 Å². The van der Waals surface area contributed by atoms with Crippen molar-refractivity contribution in [2.45, 2.75) is 25.8 Å². The molecule has 1 saturated heterocycles. The van der Waals surface area contributed by atoms with E-state index in [4.69, 9.17) is 0 Å². The second-order valence-electron chi connectivity index (χ2n) is 6.71. The highest BCUT2D eigenvalue weighted by Crippen LogP contribution is 2.20. The van der Waals surface area contributed by atoms with Gasteiger partial charge >= 0.3 is 0 Å². The van der Waals surface area contributed by atoms with Gasteiger partial charge in [0.1, 0.15) is 0 Å². The maximum Gasteiger partial charge on any atom is 0.227 e. The zero-order chi connectivity index (χ0) is 17.6. The smallest absolute Gasteiger partial charge is 0.227 e. The van der Waals surface area contributed by atoms with E-state index in [1.807, 2.05) is 72.5 Å². The fourth-order valence-corrected chi connectivity index (χ4v) is 3.24. The Bertz CT molecular complexity index is 715. The van der Waals surface area contributed by atoms with Crippen molar-refractivity contribution < 1.29 is 9.59 Å². The first kappa shape index (κ1) is 17.2. The molecule has 4 nitrogen and oxygen atoms in total. The van der Waals surface area contributed by atoms with Crippen LogP contribution >= 0.6 is 0 Å². The Morgan fingerprint density at radius 2 is 1.76 bits per heavy atom. The van der Waals surface area contributed by atoms with E-state index < -0.39 is 0 Å². The molecule has 0 radical (unpaired) electrons. The summed E-state index contributed by atoms with van der Waals surface area (Å²) in [5.74, 6) is 0.182. The van der Waals surface area contributed by atoms with E-state index >= 15 is 0 Å². The lowest BCUT2D eigenvalue weighted by Gasteiger charge is -2.18. The molecule has 0 aromatic heterocycles. The molecule has 2 atom stereocenters. The van der Waals surface area contributed by atoms with E-state index in [0.29, 0.717) is 26.1 Å². The van der Waals surface area contributed by atoms with Crippen molar-refractivity contribution in [3.8, 4) is 0 Å². The van der Waals surface area contributed by atoms with Gasteiger partial charge in [0, 0.05) is 32.0 Å². The van der Waals surface area contributed by atoms with Gasteiger partial charge in [-0.15, -0.1) is 0 Å². The molecule has 3 rings (SSSR count). The molecule has 25 heavy (non-hydrogen) atoms. The van der Waals surface area contributed by atoms with E-state index in [0.717, 1.165) is 11.1 Å². The molecular weight excluding hydrogens is 312 g/mol. The van der Waals surface area contributed by atoms with Crippen LogP contribution in [0, 0.1) is 5.92 Å². The van der Waals surface area contributed by atoms with Gasteiger partial charge < -0.3 is 10.2 Å². The minimum absolute atomic E-state index is 0.0140. The van der Waals surface area contributed by atoms with Crippen LogP contribution < -0.4 is 5.32 Å². The molecule has 1 heterocycles. The summed E-state index contributed by atoms with van der Waals surface area (Å²) >= 11 is 0. The number of carbonyl (C=O) groups is 2. The van der Waals surface area contributed by atoms with Gasteiger partial charge in [0.2, 0.25) is 11.8 Å². The zero-order valence-corrected chi connectivity index (χ0v) is 14.5. The zero-order valence-electron chi connectivity index (χ0n) is 14.5. The summed E-state index contributed by atoms with van der Waals surface area (Å²) in [6, 6.07) is 19.8. The Morgan fingerprint density at radius 3 is 2.44 bits per heavy atom. The number of rotatable bonds is 6. The first-order chi connectivity index (χ1) is 12.1. The SMILES string of the molecule is C[C@H](C(=O)NC[C@H]1CC(=O)N(Cc2ccccc2)C1)c1ccccc1. The standard InChI is InChI=1S/C21H24N2O2/c1-16(19-10-6-3-7-11-19)21(25)22-13-18-12-20(24)23(15-18)14-17-8-4-2-5-9-17/h2-11,16,18H,12-15H2,1H3,(H,22,25)/t16-,18+/m0/s1. The topological polar surface area (TPSA) is 49.4 Å². The van der Waals surface area contributed by atoms with E-state index in [1.165, 1.54) is 0 Å². The predicted octanol–water partition coefficient (Wildman–Crippen LogP) is 2.96. The van der Waals surface area contributed by atoms with Crippen LogP contribution in [-0.4, -0.2) is 29.8 Å². The van der Waals surface area contributed by atoms with E-state index in [9.17, 15) is 9.59 Å². The molecule has 0 aliphatic carbocycles.